The summed E-state index contributed by atoms with van der Waals surface area (Å²) in [5.74, 6) is 0.0906. The van der Waals surface area contributed by atoms with Crippen LogP contribution in [0, 0.1) is 11.3 Å². The van der Waals surface area contributed by atoms with E-state index in [0.717, 1.165) is 32.2 Å². The van der Waals surface area contributed by atoms with Gasteiger partial charge in [-0.15, -0.1) is 0 Å². The molecule has 0 N–H and O–H groups in total. The number of amides is 1. The van der Waals surface area contributed by atoms with E-state index in [0.29, 0.717) is 51.3 Å². The summed E-state index contributed by atoms with van der Waals surface area (Å²) in [4.78, 5) is 21.4. The topological polar surface area (TPSA) is 53.8 Å². The molecule has 2 saturated heterocycles. The number of alkyl halides is 3. The highest BCUT2D eigenvalue weighted by molar-refractivity contribution is 5.76. The summed E-state index contributed by atoms with van der Waals surface area (Å²) in [5, 5.41) is 9.05. The summed E-state index contributed by atoms with van der Waals surface area (Å²) in [6.45, 7) is 13.1. The van der Waals surface area contributed by atoms with Crippen LogP contribution in [0.25, 0.3) is 0 Å². The van der Waals surface area contributed by atoms with E-state index in [9.17, 15) is 18.0 Å². The quantitative estimate of drug-likeness (QED) is 0.526. The van der Waals surface area contributed by atoms with Crippen LogP contribution in [-0.4, -0.2) is 74.6 Å². The standard InChI is InChI=1S/C30H38F3N5O/c1-29(2,3)24-6-9-25(10-7-24)37-17-15-35(16-18-37)14-11-28(39)38-13-4-12-36(19-20-38)26-8-5-23(22-34)27(21-26)30(31,32)33/h5-10,21H,4,11-20H2,1-3H3. The van der Waals surface area contributed by atoms with Crippen LogP contribution in [0.5, 0.6) is 0 Å². The number of piperazine rings is 1. The zero-order chi connectivity index (χ0) is 28.2. The van der Waals surface area contributed by atoms with Crippen LogP contribution in [0.1, 0.15) is 50.3 Å². The Labute approximate surface area is 229 Å². The lowest BCUT2D eigenvalue weighted by atomic mass is 9.87. The van der Waals surface area contributed by atoms with Gasteiger partial charge in [0.15, 0.2) is 0 Å². The number of benzene rings is 2. The van der Waals surface area contributed by atoms with Gasteiger partial charge >= 0.3 is 6.18 Å². The van der Waals surface area contributed by atoms with Crippen molar-refractivity contribution in [1.29, 1.82) is 5.26 Å². The van der Waals surface area contributed by atoms with Crippen molar-refractivity contribution in [3.8, 4) is 6.07 Å². The van der Waals surface area contributed by atoms with Gasteiger partial charge in [-0.1, -0.05) is 32.9 Å². The number of hydrogen-bond acceptors (Lipinski definition) is 5. The first-order valence-corrected chi connectivity index (χ1v) is 13.7. The van der Waals surface area contributed by atoms with Gasteiger partial charge in [0.1, 0.15) is 0 Å². The van der Waals surface area contributed by atoms with E-state index < -0.39 is 11.7 Å². The number of halogens is 3. The molecule has 0 unspecified atom stereocenters. The Balaban J connectivity index is 1.25. The van der Waals surface area contributed by atoms with E-state index in [1.54, 1.807) is 12.1 Å². The Morgan fingerprint density at radius 2 is 1.46 bits per heavy atom. The molecule has 1 amide bonds. The second kappa shape index (κ2) is 11.9. The Bertz CT molecular complexity index is 1180. The van der Waals surface area contributed by atoms with E-state index in [2.05, 4.69) is 54.8 Å². The van der Waals surface area contributed by atoms with E-state index in [-0.39, 0.29) is 16.9 Å². The van der Waals surface area contributed by atoms with Gasteiger partial charge in [0.25, 0.3) is 0 Å². The first kappa shape index (κ1) is 28.8. The summed E-state index contributed by atoms with van der Waals surface area (Å²) in [7, 11) is 0. The van der Waals surface area contributed by atoms with Crippen LogP contribution in [-0.2, 0) is 16.4 Å². The maximum absolute atomic E-state index is 13.4. The third-order valence-corrected chi connectivity index (χ3v) is 7.76. The van der Waals surface area contributed by atoms with Gasteiger partial charge in [-0.25, -0.2) is 0 Å². The van der Waals surface area contributed by atoms with Gasteiger partial charge in [0, 0.05) is 76.7 Å². The number of rotatable bonds is 5. The first-order chi connectivity index (χ1) is 18.5. The van der Waals surface area contributed by atoms with Gasteiger partial charge in [-0.3, -0.25) is 9.69 Å². The fourth-order valence-corrected chi connectivity index (χ4v) is 5.30. The number of nitrogens with zero attached hydrogens (tertiary/aromatic N) is 5. The fraction of sp³-hybridized carbons (Fsp3) is 0.533. The van der Waals surface area contributed by atoms with Crippen molar-refractivity contribution in [2.45, 2.75) is 45.2 Å². The summed E-state index contributed by atoms with van der Waals surface area (Å²) >= 11 is 0. The Kier molecular flexibility index (Phi) is 8.75. The zero-order valence-electron chi connectivity index (χ0n) is 23.1. The molecule has 2 fully saturated rings. The van der Waals surface area contributed by atoms with Crippen LogP contribution in [0.4, 0.5) is 24.5 Å². The van der Waals surface area contributed by atoms with Crippen LogP contribution in [0.15, 0.2) is 42.5 Å². The molecule has 39 heavy (non-hydrogen) atoms. The molecule has 2 aromatic rings. The van der Waals surface area contributed by atoms with Crippen molar-refractivity contribution in [2.75, 3.05) is 68.7 Å². The monoisotopic (exact) mass is 541 g/mol. The predicted octanol–water partition coefficient (Wildman–Crippen LogP) is 5.13. The Morgan fingerprint density at radius 1 is 0.846 bits per heavy atom. The van der Waals surface area contributed by atoms with Gasteiger partial charge in [0.2, 0.25) is 5.91 Å². The lowest BCUT2D eigenvalue weighted by molar-refractivity contribution is -0.137. The molecule has 0 aromatic heterocycles. The molecular formula is C30H38F3N5O. The maximum Gasteiger partial charge on any atom is 0.417 e. The summed E-state index contributed by atoms with van der Waals surface area (Å²) in [5.41, 5.74) is 1.83. The van der Waals surface area contributed by atoms with E-state index in [4.69, 9.17) is 5.26 Å². The third kappa shape index (κ3) is 7.24. The molecule has 0 saturated carbocycles. The van der Waals surface area contributed by atoms with Crippen LogP contribution >= 0.6 is 0 Å². The Hall–Kier alpha value is -3.25. The average Bonchev–Trinajstić information content (AvgIpc) is 3.17. The molecule has 0 aliphatic carbocycles. The molecule has 6 nitrogen and oxygen atoms in total. The highest BCUT2D eigenvalue weighted by atomic mass is 19.4. The molecule has 210 valence electrons. The molecule has 2 aliphatic rings. The van der Waals surface area contributed by atoms with Crippen molar-refractivity contribution in [2.24, 2.45) is 0 Å². The molecular weight excluding hydrogens is 503 g/mol. The zero-order valence-corrected chi connectivity index (χ0v) is 23.1. The number of anilines is 2. The molecule has 2 aliphatic heterocycles. The second-order valence-electron chi connectivity index (χ2n) is 11.4. The van der Waals surface area contributed by atoms with Crippen molar-refractivity contribution in [3.63, 3.8) is 0 Å². The third-order valence-electron chi connectivity index (χ3n) is 7.76. The van der Waals surface area contributed by atoms with Crippen LogP contribution in [0.3, 0.4) is 0 Å². The molecule has 4 rings (SSSR count). The number of nitriles is 1. The predicted molar refractivity (Wildman–Crippen MR) is 148 cm³/mol. The van der Waals surface area contributed by atoms with Gasteiger partial charge in [0.05, 0.1) is 17.2 Å². The minimum atomic E-state index is -4.59. The summed E-state index contributed by atoms with van der Waals surface area (Å²) in [6, 6.07) is 14.3. The van der Waals surface area contributed by atoms with Gasteiger partial charge in [-0.2, -0.15) is 18.4 Å². The van der Waals surface area contributed by atoms with Crippen LogP contribution < -0.4 is 9.80 Å². The van der Waals surface area contributed by atoms with Crippen molar-refractivity contribution in [1.82, 2.24) is 9.80 Å². The molecule has 0 bridgehead atoms. The lowest BCUT2D eigenvalue weighted by Gasteiger charge is -2.36. The Morgan fingerprint density at radius 3 is 2.08 bits per heavy atom. The normalized spacial score (nSPS) is 17.6. The van der Waals surface area contributed by atoms with Gasteiger partial charge < -0.3 is 14.7 Å². The molecule has 0 atom stereocenters. The highest BCUT2D eigenvalue weighted by Gasteiger charge is 2.34. The fourth-order valence-electron chi connectivity index (χ4n) is 5.30. The molecule has 0 radical (unpaired) electrons. The van der Waals surface area contributed by atoms with Crippen LogP contribution in [0.2, 0.25) is 0 Å². The summed E-state index contributed by atoms with van der Waals surface area (Å²) in [6.07, 6.45) is -3.47. The minimum Gasteiger partial charge on any atom is -0.370 e. The molecule has 2 aromatic carbocycles. The SMILES string of the molecule is CC(C)(C)c1ccc(N2CCN(CCC(=O)N3CCCN(c4ccc(C#N)c(C(F)(F)F)c4)CC3)CC2)cc1. The van der Waals surface area contributed by atoms with E-state index >= 15 is 0 Å². The second-order valence-corrected chi connectivity index (χ2v) is 11.4. The minimum absolute atomic E-state index is 0.0906. The van der Waals surface area contributed by atoms with E-state index in [1.807, 2.05) is 9.80 Å². The van der Waals surface area contributed by atoms with Crippen molar-refractivity contribution >= 4 is 17.3 Å². The number of carbonyl (C=O) groups excluding carboxylic acids is 1. The number of carbonyl (C=O) groups is 1. The van der Waals surface area contributed by atoms with Crippen molar-refractivity contribution < 1.29 is 18.0 Å². The number of hydrogen-bond donors (Lipinski definition) is 0. The maximum atomic E-state index is 13.4. The smallest absolute Gasteiger partial charge is 0.370 e. The summed E-state index contributed by atoms with van der Waals surface area (Å²) < 4.78 is 40.2. The highest BCUT2D eigenvalue weighted by Crippen LogP contribution is 2.34. The molecule has 0 spiro atoms. The van der Waals surface area contributed by atoms with Gasteiger partial charge in [-0.05, 0) is 47.7 Å². The first-order valence-electron chi connectivity index (χ1n) is 13.7. The van der Waals surface area contributed by atoms with E-state index in [1.165, 1.54) is 17.3 Å². The largest absolute Gasteiger partial charge is 0.417 e. The van der Waals surface area contributed by atoms with Crippen molar-refractivity contribution in [3.05, 3.63) is 59.2 Å². The average molecular weight is 542 g/mol. The molecule has 9 heteroatoms. The molecule has 2 heterocycles. The lowest BCUT2D eigenvalue weighted by Crippen LogP contribution is -2.47.